The molecule has 15 heavy (non-hydrogen) atoms. The number of benzene rings is 1. The van der Waals surface area contributed by atoms with Crippen molar-refractivity contribution in [2.75, 3.05) is 6.54 Å². The van der Waals surface area contributed by atoms with E-state index in [2.05, 4.69) is 48.8 Å². The third kappa shape index (κ3) is 2.58. The van der Waals surface area contributed by atoms with Crippen molar-refractivity contribution < 1.29 is 0 Å². The molecule has 0 radical (unpaired) electrons. The lowest BCUT2D eigenvalue weighted by atomic mass is 10.1. The Balaban J connectivity index is 2.14. The average molecular weight is 219 g/mol. The summed E-state index contributed by atoms with van der Waals surface area (Å²) in [5.41, 5.74) is 1.43. The van der Waals surface area contributed by atoms with Gasteiger partial charge in [-0.1, -0.05) is 19.1 Å². The van der Waals surface area contributed by atoms with Gasteiger partial charge in [-0.25, -0.2) is 0 Å². The highest BCUT2D eigenvalue weighted by Crippen LogP contribution is 2.22. The van der Waals surface area contributed by atoms with E-state index in [4.69, 9.17) is 0 Å². The number of hydrogen-bond donors (Lipinski definition) is 1. The van der Waals surface area contributed by atoms with Crippen molar-refractivity contribution in [2.45, 2.75) is 26.3 Å². The van der Waals surface area contributed by atoms with Crippen LogP contribution in [-0.4, -0.2) is 12.6 Å². The van der Waals surface area contributed by atoms with Gasteiger partial charge in [-0.15, -0.1) is 11.3 Å². The molecule has 1 aromatic carbocycles. The zero-order valence-electron chi connectivity index (χ0n) is 9.29. The van der Waals surface area contributed by atoms with E-state index in [1.165, 1.54) is 15.6 Å². The first-order valence-electron chi connectivity index (χ1n) is 5.49. The largest absolute Gasteiger partial charge is 0.314 e. The van der Waals surface area contributed by atoms with Crippen molar-refractivity contribution >= 4 is 21.4 Å². The van der Waals surface area contributed by atoms with Gasteiger partial charge < -0.3 is 5.32 Å². The van der Waals surface area contributed by atoms with Gasteiger partial charge in [0.1, 0.15) is 0 Å². The summed E-state index contributed by atoms with van der Waals surface area (Å²) < 4.78 is 1.40. The van der Waals surface area contributed by atoms with Crippen LogP contribution in [0.25, 0.3) is 10.1 Å². The first kappa shape index (κ1) is 10.7. The van der Waals surface area contributed by atoms with E-state index in [1.54, 1.807) is 0 Å². The molecular weight excluding hydrogens is 202 g/mol. The summed E-state index contributed by atoms with van der Waals surface area (Å²) in [6.07, 6.45) is 1.11. The van der Waals surface area contributed by atoms with Gasteiger partial charge in [-0.3, -0.25) is 0 Å². The van der Waals surface area contributed by atoms with Gasteiger partial charge in [0.25, 0.3) is 0 Å². The molecule has 0 saturated carbocycles. The smallest absolute Gasteiger partial charge is 0.0345 e. The van der Waals surface area contributed by atoms with Crippen molar-refractivity contribution in [3.8, 4) is 0 Å². The normalized spacial score (nSPS) is 13.2. The zero-order valence-corrected chi connectivity index (χ0v) is 10.1. The topological polar surface area (TPSA) is 12.0 Å². The quantitative estimate of drug-likeness (QED) is 0.830. The van der Waals surface area contributed by atoms with Crippen LogP contribution in [0.5, 0.6) is 0 Å². The second-order valence-electron chi connectivity index (χ2n) is 3.96. The summed E-state index contributed by atoms with van der Waals surface area (Å²) in [6, 6.07) is 9.51. The molecule has 1 N–H and O–H groups in total. The second kappa shape index (κ2) is 4.77. The second-order valence-corrected chi connectivity index (χ2v) is 4.90. The van der Waals surface area contributed by atoms with Crippen LogP contribution >= 0.6 is 11.3 Å². The Morgan fingerprint density at radius 2 is 2.20 bits per heavy atom. The summed E-state index contributed by atoms with van der Waals surface area (Å²) in [4.78, 5) is 0. The summed E-state index contributed by atoms with van der Waals surface area (Å²) in [5, 5.41) is 6.96. The molecule has 1 atom stereocenters. The summed E-state index contributed by atoms with van der Waals surface area (Å²) >= 11 is 1.82. The molecule has 0 bridgehead atoms. The number of fused-ring (bicyclic) bond motifs is 1. The molecule has 0 fully saturated rings. The van der Waals surface area contributed by atoms with Crippen LogP contribution < -0.4 is 5.32 Å². The molecule has 0 saturated heterocycles. The molecular formula is C13H17NS. The summed E-state index contributed by atoms with van der Waals surface area (Å²) in [6.45, 7) is 5.43. The molecule has 0 aliphatic heterocycles. The standard InChI is InChI=1S/C13H17NS/c1-3-14-10(2)8-11-4-5-12-6-7-15-13(12)9-11/h4-7,9-10,14H,3,8H2,1-2H3. The highest BCUT2D eigenvalue weighted by Gasteiger charge is 2.03. The Hall–Kier alpha value is -0.860. The third-order valence-corrected chi connectivity index (χ3v) is 3.49. The van der Waals surface area contributed by atoms with Crippen molar-refractivity contribution in [1.82, 2.24) is 5.32 Å². The van der Waals surface area contributed by atoms with Crippen LogP contribution in [0.2, 0.25) is 0 Å². The fourth-order valence-electron chi connectivity index (χ4n) is 1.90. The molecule has 1 heterocycles. The maximum atomic E-state index is 3.44. The van der Waals surface area contributed by atoms with Crippen LogP contribution in [0.15, 0.2) is 29.6 Å². The first-order chi connectivity index (χ1) is 7.29. The minimum absolute atomic E-state index is 0.562. The number of nitrogens with one attached hydrogen (secondary N) is 1. The molecule has 2 aromatic rings. The number of thiophene rings is 1. The highest BCUT2D eigenvalue weighted by molar-refractivity contribution is 7.17. The fraction of sp³-hybridized carbons (Fsp3) is 0.385. The van der Waals surface area contributed by atoms with Gasteiger partial charge in [0, 0.05) is 10.7 Å². The highest BCUT2D eigenvalue weighted by atomic mass is 32.1. The molecule has 0 aliphatic rings. The number of likely N-dealkylation sites (N-methyl/N-ethyl adjacent to an activating group) is 1. The monoisotopic (exact) mass is 219 g/mol. The van der Waals surface area contributed by atoms with Crippen LogP contribution in [0.1, 0.15) is 19.4 Å². The molecule has 1 aromatic heterocycles. The van der Waals surface area contributed by atoms with Gasteiger partial charge in [0.15, 0.2) is 0 Å². The summed E-state index contributed by atoms with van der Waals surface area (Å²) in [5.74, 6) is 0. The Morgan fingerprint density at radius 3 is 3.00 bits per heavy atom. The Labute approximate surface area is 95.1 Å². The van der Waals surface area contributed by atoms with Crippen LogP contribution in [0.4, 0.5) is 0 Å². The predicted molar refractivity (Wildman–Crippen MR) is 68.7 cm³/mol. The van der Waals surface area contributed by atoms with Crippen molar-refractivity contribution in [3.05, 3.63) is 35.2 Å². The summed E-state index contributed by atoms with van der Waals surface area (Å²) in [7, 11) is 0. The van der Waals surface area contributed by atoms with Crippen LogP contribution in [-0.2, 0) is 6.42 Å². The predicted octanol–water partition coefficient (Wildman–Crippen LogP) is 3.44. The molecule has 1 unspecified atom stereocenters. The third-order valence-electron chi connectivity index (χ3n) is 2.62. The van der Waals surface area contributed by atoms with Crippen LogP contribution in [0, 0.1) is 0 Å². The van der Waals surface area contributed by atoms with Gasteiger partial charge in [0.05, 0.1) is 0 Å². The van der Waals surface area contributed by atoms with E-state index in [-0.39, 0.29) is 0 Å². The average Bonchev–Trinajstić information content (AvgIpc) is 2.65. The van der Waals surface area contributed by atoms with Gasteiger partial charge in [-0.05, 0) is 48.4 Å². The molecule has 0 amide bonds. The molecule has 2 heteroatoms. The molecule has 0 spiro atoms. The molecule has 0 aliphatic carbocycles. The van der Waals surface area contributed by atoms with E-state index < -0.39 is 0 Å². The lowest BCUT2D eigenvalue weighted by Crippen LogP contribution is -2.27. The Bertz CT molecular complexity index is 433. The Kier molecular flexibility index (Phi) is 3.39. The van der Waals surface area contributed by atoms with Crippen molar-refractivity contribution in [1.29, 1.82) is 0 Å². The fourth-order valence-corrected chi connectivity index (χ4v) is 2.75. The van der Waals surface area contributed by atoms with Gasteiger partial charge in [-0.2, -0.15) is 0 Å². The molecule has 80 valence electrons. The Morgan fingerprint density at radius 1 is 1.33 bits per heavy atom. The minimum Gasteiger partial charge on any atom is -0.314 e. The van der Waals surface area contributed by atoms with Crippen LogP contribution in [0.3, 0.4) is 0 Å². The minimum atomic E-state index is 0.562. The van der Waals surface area contributed by atoms with E-state index in [1.807, 2.05) is 11.3 Å². The molecule has 2 rings (SSSR count). The van der Waals surface area contributed by atoms with Gasteiger partial charge >= 0.3 is 0 Å². The van der Waals surface area contributed by atoms with Crippen molar-refractivity contribution in [3.63, 3.8) is 0 Å². The van der Waals surface area contributed by atoms with Crippen molar-refractivity contribution in [2.24, 2.45) is 0 Å². The first-order valence-corrected chi connectivity index (χ1v) is 6.37. The van der Waals surface area contributed by atoms with E-state index in [9.17, 15) is 0 Å². The lowest BCUT2D eigenvalue weighted by Gasteiger charge is -2.11. The van der Waals surface area contributed by atoms with E-state index in [0.29, 0.717) is 6.04 Å². The zero-order chi connectivity index (χ0) is 10.7. The SMILES string of the molecule is CCNC(C)Cc1ccc2ccsc2c1. The molecule has 1 nitrogen and oxygen atoms in total. The maximum Gasteiger partial charge on any atom is 0.0345 e. The number of hydrogen-bond acceptors (Lipinski definition) is 2. The van der Waals surface area contributed by atoms with Gasteiger partial charge in [0.2, 0.25) is 0 Å². The number of rotatable bonds is 4. The maximum absolute atomic E-state index is 3.44. The van der Waals surface area contributed by atoms with E-state index >= 15 is 0 Å². The van der Waals surface area contributed by atoms with E-state index in [0.717, 1.165) is 13.0 Å². The lowest BCUT2D eigenvalue weighted by molar-refractivity contribution is 0.565.